The van der Waals surface area contributed by atoms with Gasteiger partial charge in [-0.05, 0) is 37.8 Å². The van der Waals surface area contributed by atoms with Gasteiger partial charge in [0.1, 0.15) is 0 Å². The van der Waals surface area contributed by atoms with Gasteiger partial charge in [-0.1, -0.05) is 39.0 Å². The fraction of sp³-hybridized carbons (Fsp3) is 0.625. The van der Waals surface area contributed by atoms with E-state index in [1.807, 2.05) is 56.0 Å². The molecule has 0 saturated carbocycles. The number of likely N-dealkylation sites (tertiary alicyclic amines) is 2. The van der Waals surface area contributed by atoms with Crippen LogP contribution in [0.4, 0.5) is 5.69 Å². The number of amides is 3. The predicted molar refractivity (Wildman–Crippen MR) is 121 cm³/mol. The first-order valence-corrected chi connectivity index (χ1v) is 11.4. The summed E-state index contributed by atoms with van der Waals surface area (Å²) in [6.07, 6.45) is 3.37. The number of carbonyl (C=O) groups is 3. The number of nitrogens with zero attached hydrogens (tertiary/aromatic N) is 2. The third-order valence-electron chi connectivity index (χ3n) is 6.08. The molecule has 0 radical (unpaired) electrons. The highest BCUT2D eigenvalue weighted by atomic mass is 16.2. The number of carbonyl (C=O) groups excluding carboxylic acids is 3. The van der Waals surface area contributed by atoms with Gasteiger partial charge in [-0.25, -0.2) is 0 Å². The number of hydrogen-bond acceptors (Lipinski definition) is 4. The average Bonchev–Trinajstić information content (AvgIpc) is 2.74. The van der Waals surface area contributed by atoms with Crippen LogP contribution in [0.3, 0.4) is 0 Å². The number of piperidine rings is 2. The Morgan fingerprint density at radius 1 is 1.00 bits per heavy atom. The summed E-state index contributed by atoms with van der Waals surface area (Å²) >= 11 is 0. The van der Waals surface area contributed by atoms with Crippen molar-refractivity contribution in [2.45, 2.75) is 52.5 Å². The first-order chi connectivity index (χ1) is 14.7. The third-order valence-corrected chi connectivity index (χ3v) is 6.08. The smallest absolute Gasteiger partial charge is 0.238 e. The van der Waals surface area contributed by atoms with Crippen LogP contribution in [0.2, 0.25) is 0 Å². The molecule has 2 aliphatic heterocycles. The van der Waals surface area contributed by atoms with Crippen LogP contribution in [0, 0.1) is 11.3 Å². The van der Waals surface area contributed by atoms with Gasteiger partial charge in [-0.15, -0.1) is 0 Å². The van der Waals surface area contributed by atoms with E-state index in [9.17, 15) is 14.4 Å². The summed E-state index contributed by atoms with van der Waals surface area (Å²) in [5.74, 6) is 0.0352. The van der Waals surface area contributed by atoms with Crippen LogP contribution in [0.15, 0.2) is 30.3 Å². The van der Waals surface area contributed by atoms with Crippen LogP contribution in [-0.4, -0.2) is 66.3 Å². The second-order valence-electron chi connectivity index (χ2n) is 9.81. The van der Waals surface area contributed by atoms with Gasteiger partial charge < -0.3 is 15.5 Å². The van der Waals surface area contributed by atoms with Crippen molar-refractivity contribution >= 4 is 23.4 Å². The summed E-state index contributed by atoms with van der Waals surface area (Å²) in [6, 6.07) is 9.60. The highest BCUT2D eigenvalue weighted by Crippen LogP contribution is 2.24. The van der Waals surface area contributed by atoms with Crippen molar-refractivity contribution in [3.05, 3.63) is 30.3 Å². The lowest BCUT2D eigenvalue weighted by Gasteiger charge is -2.37. The van der Waals surface area contributed by atoms with Crippen molar-refractivity contribution in [2.24, 2.45) is 11.3 Å². The van der Waals surface area contributed by atoms with E-state index in [1.54, 1.807) is 0 Å². The van der Waals surface area contributed by atoms with Crippen molar-refractivity contribution in [1.29, 1.82) is 0 Å². The molecule has 0 bridgehead atoms. The van der Waals surface area contributed by atoms with E-state index in [4.69, 9.17) is 0 Å². The number of hydrogen-bond donors (Lipinski definition) is 2. The molecule has 0 aromatic heterocycles. The van der Waals surface area contributed by atoms with Crippen molar-refractivity contribution in [1.82, 2.24) is 15.1 Å². The van der Waals surface area contributed by atoms with Crippen molar-refractivity contribution < 1.29 is 14.4 Å². The standard InChI is InChI=1S/C24H36N4O3/c1-24(2,3)23(31)28-13-7-8-18(16-28)22(30)26-20-11-14-27(15-12-20)17-21(29)25-19-9-5-4-6-10-19/h4-6,9-10,18,20H,7-8,11-17H2,1-3H3,(H,25,29)(H,26,30). The van der Waals surface area contributed by atoms with Gasteiger partial charge in [0.25, 0.3) is 0 Å². The van der Waals surface area contributed by atoms with Gasteiger partial charge in [0, 0.05) is 43.3 Å². The van der Waals surface area contributed by atoms with Crippen molar-refractivity contribution in [2.75, 3.05) is 38.0 Å². The van der Waals surface area contributed by atoms with Crippen molar-refractivity contribution in [3.8, 4) is 0 Å². The van der Waals surface area contributed by atoms with Crippen LogP contribution in [0.1, 0.15) is 46.5 Å². The Morgan fingerprint density at radius 2 is 1.68 bits per heavy atom. The lowest BCUT2D eigenvalue weighted by atomic mass is 9.90. The highest BCUT2D eigenvalue weighted by Gasteiger charge is 2.34. The molecule has 3 rings (SSSR count). The fourth-order valence-corrected chi connectivity index (χ4v) is 4.33. The Balaban J connectivity index is 1.40. The minimum absolute atomic E-state index is 0.0144. The Hall–Kier alpha value is -2.41. The molecule has 0 spiro atoms. The summed E-state index contributed by atoms with van der Waals surface area (Å²) in [5.41, 5.74) is 0.388. The third kappa shape index (κ3) is 6.79. The zero-order chi connectivity index (χ0) is 22.4. The monoisotopic (exact) mass is 428 g/mol. The molecule has 0 aliphatic carbocycles. The van der Waals surface area contributed by atoms with Crippen LogP contribution in [0.25, 0.3) is 0 Å². The van der Waals surface area contributed by atoms with Gasteiger partial charge in [0.05, 0.1) is 12.5 Å². The van der Waals surface area contributed by atoms with Crippen molar-refractivity contribution in [3.63, 3.8) is 0 Å². The van der Waals surface area contributed by atoms with Gasteiger partial charge in [-0.3, -0.25) is 19.3 Å². The molecule has 3 amide bonds. The second-order valence-corrected chi connectivity index (χ2v) is 9.81. The Morgan fingerprint density at radius 3 is 2.32 bits per heavy atom. The molecule has 1 aromatic carbocycles. The van der Waals surface area contributed by atoms with E-state index in [0.717, 1.165) is 51.0 Å². The Kier molecular flexibility index (Phi) is 7.70. The number of para-hydroxylation sites is 1. The van der Waals surface area contributed by atoms with Crippen LogP contribution in [-0.2, 0) is 14.4 Å². The normalized spacial score (nSPS) is 20.9. The molecule has 170 valence electrons. The molecule has 2 heterocycles. The topological polar surface area (TPSA) is 81.8 Å². The van der Waals surface area contributed by atoms with Gasteiger partial charge in [0.15, 0.2) is 0 Å². The van der Waals surface area contributed by atoms with Crippen LogP contribution < -0.4 is 10.6 Å². The largest absolute Gasteiger partial charge is 0.353 e. The average molecular weight is 429 g/mol. The predicted octanol–water partition coefficient (Wildman–Crippen LogP) is 2.49. The number of nitrogens with one attached hydrogen (secondary N) is 2. The molecule has 1 aromatic rings. The van der Waals surface area contributed by atoms with Crippen LogP contribution >= 0.6 is 0 Å². The molecule has 7 heteroatoms. The van der Waals surface area contributed by atoms with E-state index >= 15 is 0 Å². The summed E-state index contributed by atoms with van der Waals surface area (Å²) in [4.78, 5) is 41.6. The zero-order valence-corrected chi connectivity index (χ0v) is 19.0. The molecule has 1 atom stereocenters. The Labute approximate surface area is 185 Å². The second kappa shape index (κ2) is 10.3. The fourth-order valence-electron chi connectivity index (χ4n) is 4.33. The van der Waals surface area contributed by atoms with Gasteiger partial charge >= 0.3 is 0 Å². The van der Waals surface area contributed by atoms with Crippen LogP contribution in [0.5, 0.6) is 0 Å². The maximum atomic E-state index is 12.8. The summed E-state index contributed by atoms with van der Waals surface area (Å²) in [6.45, 7) is 8.96. The lowest BCUT2D eigenvalue weighted by Crippen LogP contribution is -2.52. The molecular weight excluding hydrogens is 392 g/mol. The van der Waals surface area contributed by atoms with E-state index < -0.39 is 5.41 Å². The SMILES string of the molecule is CC(C)(C)C(=O)N1CCCC(C(=O)NC2CCN(CC(=O)Nc3ccccc3)CC2)C1. The molecule has 2 aliphatic rings. The van der Waals surface area contributed by atoms with E-state index in [0.29, 0.717) is 13.1 Å². The highest BCUT2D eigenvalue weighted by molar-refractivity contribution is 5.92. The Bertz CT molecular complexity index is 767. The molecule has 7 nitrogen and oxygen atoms in total. The minimum atomic E-state index is -0.419. The number of anilines is 1. The maximum Gasteiger partial charge on any atom is 0.238 e. The van der Waals surface area contributed by atoms with E-state index in [-0.39, 0.29) is 29.7 Å². The first kappa shape index (κ1) is 23.3. The van der Waals surface area contributed by atoms with Gasteiger partial charge in [0.2, 0.25) is 17.7 Å². The molecule has 1 unspecified atom stereocenters. The quantitative estimate of drug-likeness (QED) is 0.755. The van der Waals surface area contributed by atoms with E-state index in [2.05, 4.69) is 15.5 Å². The van der Waals surface area contributed by atoms with Gasteiger partial charge in [-0.2, -0.15) is 0 Å². The molecule has 2 N–H and O–H groups in total. The zero-order valence-electron chi connectivity index (χ0n) is 19.0. The van der Waals surface area contributed by atoms with E-state index in [1.165, 1.54) is 0 Å². The lowest BCUT2D eigenvalue weighted by molar-refractivity contribution is -0.143. The number of rotatable bonds is 5. The summed E-state index contributed by atoms with van der Waals surface area (Å²) < 4.78 is 0. The summed E-state index contributed by atoms with van der Waals surface area (Å²) in [5, 5.41) is 6.11. The molecular formula is C24H36N4O3. The maximum absolute atomic E-state index is 12.8. The minimum Gasteiger partial charge on any atom is -0.353 e. The molecule has 2 saturated heterocycles. The summed E-state index contributed by atoms with van der Waals surface area (Å²) in [7, 11) is 0. The number of benzene rings is 1. The molecule has 2 fully saturated rings. The molecule has 31 heavy (non-hydrogen) atoms. The first-order valence-electron chi connectivity index (χ1n) is 11.4.